The predicted molar refractivity (Wildman–Crippen MR) is 87.6 cm³/mol. The summed E-state index contributed by atoms with van der Waals surface area (Å²) in [4.78, 5) is 0. The van der Waals surface area contributed by atoms with Crippen molar-refractivity contribution in [3.63, 3.8) is 0 Å². The average Bonchev–Trinajstić information content (AvgIpc) is 3.22. The van der Waals surface area contributed by atoms with E-state index in [-0.39, 0.29) is 6.04 Å². The highest BCUT2D eigenvalue weighted by molar-refractivity contribution is 5.84. The molecule has 0 radical (unpaired) electrons. The van der Waals surface area contributed by atoms with E-state index in [0.29, 0.717) is 6.54 Å². The van der Waals surface area contributed by atoms with E-state index in [1.165, 1.54) is 22.8 Å². The largest absolute Gasteiger partial charge is 0.497 e. The van der Waals surface area contributed by atoms with Gasteiger partial charge in [-0.05, 0) is 59.3 Å². The third-order valence-electron chi connectivity index (χ3n) is 4.61. The van der Waals surface area contributed by atoms with Crippen molar-refractivity contribution in [2.24, 2.45) is 17.6 Å². The van der Waals surface area contributed by atoms with Crippen LogP contribution in [0.25, 0.3) is 10.8 Å². The van der Waals surface area contributed by atoms with Gasteiger partial charge in [0.05, 0.1) is 7.11 Å². The third kappa shape index (κ3) is 3.20. The van der Waals surface area contributed by atoms with Gasteiger partial charge >= 0.3 is 0 Å². The van der Waals surface area contributed by atoms with E-state index in [4.69, 9.17) is 10.5 Å². The van der Waals surface area contributed by atoms with Crippen molar-refractivity contribution >= 4 is 10.8 Å². The van der Waals surface area contributed by atoms with Crippen LogP contribution in [0.1, 0.15) is 24.9 Å². The molecular weight excluding hydrogens is 260 g/mol. The molecule has 0 aromatic heterocycles. The summed E-state index contributed by atoms with van der Waals surface area (Å²) in [5.74, 6) is 2.61. The Labute approximate surface area is 126 Å². The topological polar surface area (TPSA) is 47.3 Å². The monoisotopic (exact) mass is 284 g/mol. The minimum absolute atomic E-state index is 0.240. The molecule has 0 aliphatic heterocycles. The number of nitrogens with one attached hydrogen (secondary N) is 1. The van der Waals surface area contributed by atoms with E-state index in [1.54, 1.807) is 7.11 Å². The van der Waals surface area contributed by atoms with Crippen LogP contribution in [0.3, 0.4) is 0 Å². The molecule has 1 fully saturated rings. The summed E-state index contributed by atoms with van der Waals surface area (Å²) in [6.45, 7) is 4.01. The van der Waals surface area contributed by atoms with Gasteiger partial charge in [-0.1, -0.05) is 25.1 Å². The number of nitrogens with two attached hydrogens (primary N) is 1. The van der Waals surface area contributed by atoms with Gasteiger partial charge in [-0.25, -0.2) is 0 Å². The van der Waals surface area contributed by atoms with Gasteiger partial charge in [0.25, 0.3) is 0 Å². The van der Waals surface area contributed by atoms with E-state index < -0.39 is 0 Å². The second kappa shape index (κ2) is 6.04. The molecule has 3 unspecified atom stereocenters. The van der Waals surface area contributed by atoms with Crippen LogP contribution in [0, 0.1) is 11.8 Å². The predicted octanol–water partition coefficient (Wildman–Crippen LogP) is 3.09. The molecule has 21 heavy (non-hydrogen) atoms. The third-order valence-corrected chi connectivity index (χ3v) is 4.61. The number of rotatable bonds is 6. The Morgan fingerprint density at radius 2 is 1.95 bits per heavy atom. The first-order valence-electron chi connectivity index (χ1n) is 7.72. The number of ether oxygens (including phenoxy) is 1. The molecule has 1 saturated carbocycles. The zero-order chi connectivity index (χ0) is 14.8. The highest BCUT2D eigenvalue weighted by Gasteiger charge is 2.32. The molecule has 2 aromatic rings. The Hall–Kier alpha value is -1.58. The lowest BCUT2D eigenvalue weighted by Crippen LogP contribution is -2.30. The van der Waals surface area contributed by atoms with Crippen molar-refractivity contribution in [3.05, 3.63) is 42.0 Å². The van der Waals surface area contributed by atoms with Crippen molar-refractivity contribution in [2.75, 3.05) is 20.2 Å². The highest BCUT2D eigenvalue weighted by atomic mass is 16.5. The maximum absolute atomic E-state index is 5.95. The summed E-state index contributed by atoms with van der Waals surface area (Å²) in [5, 5.41) is 6.04. The smallest absolute Gasteiger partial charge is 0.119 e. The highest BCUT2D eigenvalue weighted by Crippen LogP contribution is 2.37. The summed E-state index contributed by atoms with van der Waals surface area (Å²) < 4.78 is 5.27. The fourth-order valence-electron chi connectivity index (χ4n) is 2.90. The summed E-state index contributed by atoms with van der Waals surface area (Å²) >= 11 is 0. The SMILES string of the molecule is COc1ccc2cc(C(CN)NCC3CC3C)ccc2c1. The van der Waals surface area contributed by atoms with Crippen LogP contribution in [-0.4, -0.2) is 20.2 Å². The molecule has 112 valence electrons. The van der Waals surface area contributed by atoms with Crippen LogP contribution in [0.5, 0.6) is 5.75 Å². The number of methoxy groups -OCH3 is 1. The van der Waals surface area contributed by atoms with E-state index in [9.17, 15) is 0 Å². The van der Waals surface area contributed by atoms with Crippen molar-refractivity contribution in [2.45, 2.75) is 19.4 Å². The number of benzene rings is 2. The molecule has 3 rings (SSSR count). The summed E-state index contributed by atoms with van der Waals surface area (Å²) in [6, 6.07) is 13.0. The van der Waals surface area contributed by atoms with Crippen molar-refractivity contribution in [1.82, 2.24) is 5.32 Å². The van der Waals surface area contributed by atoms with E-state index in [2.05, 4.69) is 42.6 Å². The van der Waals surface area contributed by atoms with Gasteiger partial charge in [0.2, 0.25) is 0 Å². The van der Waals surface area contributed by atoms with Crippen LogP contribution < -0.4 is 15.8 Å². The molecule has 3 nitrogen and oxygen atoms in total. The first-order chi connectivity index (χ1) is 10.2. The van der Waals surface area contributed by atoms with Crippen LogP contribution >= 0.6 is 0 Å². The minimum atomic E-state index is 0.240. The van der Waals surface area contributed by atoms with E-state index >= 15 is 0 Å². The molecule has 0 heterocycles. The first-order valence-corrected chi connectivity index (χ1v) is 7.72. The molecule has 0 spiro atoms. The Morgan fingerprint density at radius 3 is 2.62 bits per heavy atom. The molecule has 0 amide bonds. The maximum Gasteiger partial charge on any atom is 0.119 e. The summed E-state index contributed by atoms with van der Waals surface area (Å²) in [6.07, 6.45) is 1.35. The van der Waals surface area contributed by atoms with Gasteiger partial charge in [0.15, 0.2) is 0 Å². The molecule has 1 aliphatic carbocycles. The van der Waals surface area contributed by atoms with Crippen LogP contribution in [-0.2, 0) is 0 Å². The van der Waals surface area contributed by atoms with Crippen LogP contribution in [0.15, 0.2) is 36.4 Å². The van der Waals surface area contributed by atoms with Crippen molar-refractivity contribution in [3.8, 4) is 5.75 Å². The Bertz CT molecular complexity index is 626. The fraction of sp³-hybridized carbons (Fsp3) is 0.444. The zero-order valence-corrected chi connectivity index (χ0v) is 12.8. The lowest BCUT2D eigenvalue weighted by molar-refractivity contribution is 0.415. The number of hydrogen-bond acceptors (Lipinski definition) is 3. The molecule has 3 heteroatoms. The normalized spacial score (nSPS) is 22.2. The molecule has 2 aromatic carbocycles. The fourth-order valence-corrected chi connectivity index (χ4v) is 2.90. The molecular formula is C18H24N2O. The van der Waals surface area contributed by atoms with E-state index in [0.717, 1.165) is 24.1 Å². The summed E-state index contributed by atoms with van der Waals surface area (Å²) in [5.41, 5.74) is 7.22. The minimum Gasteiger partial charge on any atom is -0.497 e. The lowest BCUT2D eigenvalue weighted by atomic mass is 10.0. The lowest BCUT2D eigenvalue weighted by Gasteiger charge is -2.18. The van der Waals surface area contributed by atoms with Gasteiger partial charge in [-0.2, -0.15) is 0 Å². The van der Waals surface area contributed by atoms with Gasteiger partial charge in [0.1, 0.15) is 5.75 Å². The Morgan fingerprint density at radius 1 is 1.24 bits per heavy atom. The quantitative estimate of drug-likeness (QED) is 0.857. The molecule has 0 bridgehead atoms. The number of fused-ring (bicyclic) bond motifs is 1. The van der Waals surface area contributed by atoms with E-state index in [1.807, 2.05) is 6.07 Å². The maximum atomic E-state index is 5.95. The van der Waals surface area contributed by atoms with Gasteiger partial charge in [-0.3, -0.25) is 0 Å². The van der Waals surface area contributed by atoms with Gasteiger partial charge < -0.3 is 15.8 Å². The van der Waals surface area contributed by atoms with Gasteiger partial charge in [-0.15, -0.1) is 0 Å². The zero-order valence-electron chi connectivity index (χ0n) is 12.8. The second-order valence-electron chi connectivity index (χ2n) is 6.14. The van der Waals surface area contributed by atoms with Crippen LogP contribution in [0.2, 0.25) is 0 Å². The van der Waals surface area contributed by atoms with Crippen molar-refractivity contribution in [1.29, 1.82) is 0 Å². The first kappa shape index (κ1) is 14.4. The molecule has 1 aliphatic rings. The summed E-state index contributed by atoms with van der Waals surface area (Å²) in [7, 11) is 1.70. The molecule has 0 saturated heterocycles. The van der Waals surface area contributed by atoms with Crippen molar-refractivity contribution < 1.29 is 4.74 Å². The second-order valence-corrected chi connectivity index (χ2v) is 6.14. The molecule has 3 atom stereocenters. The van der Waals surface area contributed by atoms with Gasteiger partial charge in [0, 0.05) is 12.6 Å². The number of hydrogen-bond donors (Lipinski definition) is 2. The Kier molecular flexibility index (Phi) is 4.13. The van der Waals surface area contributed by atoms with Crippen LogP contribution in [0.4, 0.5) is 0 Å². The molecule has 3 N–H and O–H groups in total. The Balaban J connectivity index is 1.77. The standard InChI is InChI=1S/C18H24N2O/c1-12-7-16(12)11-20-18(10-19)15-4-3-14-9-17(21-2)6-5-13(14)8-15/h3-6,8-9,12,16,18,20H,7,10-11,19H2,1-2H3. The average molecular weight is 284 g/mol.